The Hall–Kier alpha value is -1.68. The average Bonchev–Trinajstić information content (AvgIpc) is 2.94. The second-order valence-corrected chi connectivity index (χ2v) is 4.38. The maximum atomic E-state index is 5.63. The van der Waals surface area contributed by atoms with Crippen LogP contribution in [0.25, 0.3) is 11.3 Å². The third-order valence-corrected chi connectivity index (χ3v) is 3.30. The van der Waals surface area contributed by atoms with E-state index in [1.165, 1.54) is 17.7 Å². The third kappa shape index (κ3) is 1.74. The van der Waals surface area contributed by atoms with Crippen molar-refractivity contribution in [1.29, 1.82) is 0 Å². The number of fused-ring (bicyclic) bond motifs is 1. The van der Waals surface area contributed by atoms with Crippen molar-refractivity contribution in [1.82, 2.24) is 14.8 Å². The molecule has 0 fully saturated rings. The van der Waals surface area contributed by atoms with Gasteiger partial charge in [-0.15, -0.1) is 0 Å². The quantitative estimate of drug-likeness (QED) is 0.863. The Labute approximate surface area is 100 Å². The minimum absolute atomic E-state index is 0.643. The molecule has 0 amide bonds. The maximum Gasteiger partial charge on any atom is 0.0959 e. The first-order chi connectivity index (χ1) is 8.40. The molecule has 2 aromatic rings. The van der Waals surface area contributed by atoms with E-state index in [0.29, 0.717) is 6.54 Å². The molecule has 0 radical (unpaired) electrons. The van der Waals surface area contributed by atoms with Crippen LogP contribution < -0.4 is 5.73 Å². The summed E-state index contributed by atoms with van der Waals surface area (Å²) in [4.78, 5) is 4.05. The molecule has 2 N–H and O–H groups in total. The van der Waals surface area contributed by atoms with Crippen LogP contribution in [-0.2, 0) is 19.4 Å². The predicted octanol–water partition coefficient (Wildman–Crippen LogP) is 1.39. The van der Waals surface area contributed by atoms with Gasteiger partial charge in [0.05, 0.1) is 12.2 Å². The van der Waals surface area contributed by atoms with E-state index in [0.717, 1.165) is 30.6 Å². The van der Waals surface area contributed by atoms with E-state index in [1.54, 1.807) is 0 Å². The lowest BCUT2D eigenvalue weighted by molar-refractivity contribution is 0.596. The van der Waals surface area contributed by atoms with E-state index in [2.05, 4.69) is 9.67 Å². The Bertz CT molecular complexity index is 516. The smallest absolute Gasteiger partial charge is 0.0959 e. The van der Waals surface area contributed by atoms with E-state index < -0.39 is 0 Å². The Balaban J connectivity index is 2.09. The first-order valence-electron chi connectivity index (χ1n) is 6.09. The zero-order valence-electron chi connectivity index (χ0n) is 9.76. The molecule has 0 saturated carbocycles. The van der Waals surface area contributed by atoms with Gasteiger partial charge in [0, 0.05) is 35.8 Å². The van der Waals surface area contributed by atoms with E-state index >= 15 is 0 Å². The van der Waals surface area contributed by atoms with Crippen LogP contribution in [0.1, 0.15) is 17.7 Å². The van der Waals surface area contributed by atoms with Gasteiger partial charge in [-0.05, 0) is 31.4 Å². The highest BCUT2D eigenvalue weighted by atomic mass is 15.3. The lowest BCUT2D eigenvalue weighted by Crippen LogP contribution is -2.13. The summed E-state index contributed by atoms with van der Waals surface area (Å²) in [6.07, 6.45) is 7.14. The summed E-state index contributed by atoms with van der Waals surface area (Å²) in [6.45, 7) is 1.46. The van der Waals surface area contributed by atoms with Crippen LogP contribution in [0, 0.1) is 0 Å². The first kappa shape index (κ1) is 10.5. The van der Waals surface area contributed by atoms with Gasteiger partial charge in [0.2, 0.25) is 0 Å². The van der Waals surface area contributed by atoms with Crippen LogP contribution in [0.3, 0.4) is 0 Å². The third-order valence-electron chi connectivity index (χ3n) is 3.30. The molecule has 0 spiro atoms. The van der Waals surface area contributed by atoms with Crippen molar-refractivity contribution in [3.63, 3.8) is 0 Å². The van der Waals surface area contributed by atoms with Crippen LogP contribution in [0.2, 0.25) is 0 Å². The Morgan fingerprint density at radius 1 is 1.24 bits per heavy atom. The fourth-order valence-electron chi connectivity index (χ4n) is 2.56. The number of pyridine rings is 1. The Morgan fingerprint density at radius 3 is 2.82 bits per heavy atom. The molecule has 1 aliphatic carbocycles. The normalized spacial score (nSPS) is 13.9. The topological polar surface area (TPSA) is 56.7 Å². The molecular formula is C13H16N4. The van der Waals surface area contributed by atoms with Crippen LogP contribution in [0.4, 0.5) is 0 Å². The molecule has 88 valence electrons. The number of hydrogen-bond acceptors (Lipinski definition) is 3. The molecule has 4 nitrogen and oxygen atoms in total. The highest BCUT2D eigenvalue weighted by Gasteiger charge is 2.22. The van der Waals surface area contributed by atoms with Gasteiger partial charge in [0.15, 0.2) is 0 Å². The highest BCUT2D eigenvalue weighted by Crippen LogP contribution is 2.31. The number of rotatable bonds is 3. The van der Waals surface area contributed by atoms with E-state index in [1.807, 2.05) is 24.5 Å². The van der Waals surface area contributed by atoms with Gasteiger partial charge in [0.25, 0.3) is 0 Å². The van der Waals surface area contributed by atoms with Gasteiger partial charge < -0.3 is 5.73 Å². The molecule has 0 aliphatic heterocycles. The van der Waals surface area contributed by atoms with E-state index in [4.69, 9.17) is 10.8 Å². The van der Waals surface area contributed by atoms with Gasteiger partial charge in [0.1, 0.15) is 0 Å². The van der Waals surface area contributed by atoms with E-state index in [9.17, 15) is 0 Å². The van der Waals surface area contributed by atoms with Crippen molar-refractivity contribution in [2.24, 2.45) is 5.73 Å². The second kappa shape index (κ2) is 4.30. The zero-order chi connectivity index (χ0) is 11.7. The number of aromatic nitrogens is 3. The van der Waals surface area contributed by atoms with Gasteiger partial charge in [-0.2, -0.15) is 5.10 Å². The van der Waals surface area contributed by atoms with Gasteiger partial charge in [-0.3, -0.25) is 9.67 Å². The minimum Gasteiger partial charge on any atom is -0.329 e. The van der Waals surface area contributed by atoms with Crippen molar-refractivity contribution >= 4 is 0 Å². The molecular weight excluding hydrogens is 212 g/mol. The minimum atomic E-state index is 0.643. The summed E-state index contributed by atoms with van der Waals surface area (Å²) in [5.74, 6) is 0. The first-order valence-corrected chi connectivity index (χ1v) is 6.09. The molecule has 0 atom stereocenters. The van der Waals surface area contributed by atoms with Gasteiger partial charge in [-0.25, -0.2) is 0 Å². The molecule has 2 heterocycles. The fraction of sp³-hybridized carbons (Fsp3) is 0.385. The largest absolute Gasteiger partial charge is 0.329 e. The second-order valence-electron chi connectivity index (χ2n) is 4.38. The van der Waals surface area contributed by atoms with Gasteiger partial charge >= 0.3 is 0 Å². The van der Waals surface area contributed by atoms with Crippen molar-refractivity contribution < 1.29 is 0 Å². The zero-order valence-corrected chi connectivity index (χ0v) is 9.76. The van der Waals surface area contributed by atoms with Crippen LogP contribution in [-0.4, -0.2) is 21.3 Å². The molecule has 0 bridgehead atoms. The standard InChI is InChI=1S/C13H16N4/c14-6-9-17-12-3-1-2-11(12)13(16-17)10-4-7-15-8-5-10/h4-5,7-8H,1-3,6,9,14H2. The van der Waals surface area contributed by atoms with Gasteiger partial charge in [-0.1, -0.05) is 0 Å². The van der Waals surface area contributed by atoms with Crippen molar-refractivity contribution in [2.75, 3.05) is 6.54 Å². The van der Waals surface area contributed by atoms with Crippen molar-refractivity contribution in [3.8, 4) is 11.3 Å². The summed E-state index contributed by atoms with van der Waals surface area (Å²) >= 11 is 0. The Kier molecular flexibility index (Phi) is 2.65. The number of nitrogens with two attached hydrogens (primary N) is 1. The molecule has 0 saturated heterocycles. The number of hydrogen-bond donors (Lipinski definition) is 1. The number of nitrogens with zero attached hydrogens (tertiary/aromatic N) is 3. The lowest BCUT2D eigenvalue weighted by atomic mass is 10.1. The highest BCUT2D eigenvalue weighted by molar-refractivity contribution is 5.64. The lowest BCUT2D eigenvalue weighted by Gasteiger charge is -2.02. The average molecular weight is 228 g/mol. The van der Waals surface area contributed by atoms with Crippen molar-refractivity contribution in [2.45, 2.75) is 25.8 Å². The summed E-state index contributed by atoms with van der Waals surface area (Å²) in [6, 6.07) is 4.04. The van der Waals surface area contributed by atoms with Crippen LogP contribution in [0.15, 0.2) is 24.5 Å². The molecule has 0 aromatic carbocycles. The molecule has 17 heavy (non-hydrogen) atoms. The summed E-state index contributed by atoms with van der Waals surface area (Å²) < 4.78 is 2.08. The molecule has 2 aromatic heterocycles. The molecule has 0 unspecified atom stereocenters. The maximum absolute atomic E-state index is 5.63. The molecule has 1 aliphatic rings. The Morgan fingerprint density at radius 2 is 2.06 bits per heavy atom. The monoisotopic (exact) mass is 228 g/mol. The summed E-state index contributed by atoms with van der Waals surface area (Å²) in [5.41, 5.74) is 10.7. The summed E-state index contributed by atoms with van der Waals surface area (Å²) in [7, 11) is 0. The van der Waals surface area contributed by atoms with E-state index in [-0.39, 0.29) is 0 Å². The van der Waals surface area contributed by atoms with Crippen LogP contribution in [0.5, 0.6) is 0 Å². The summed E-state index contributed by atoms with van der Waals surface area (Å²) in [5, 5.41) is 4.70. The fourth-order valence-corrected chi connectivity index (χ4v) is 2.56. The molecule has 3 rings (SSSR count). The predicted molar refractivity (Wildman–Crippen MR) is 66.5 cm³/mol. The molecule has 4 heteroatoms. The van der Waals surface area contributed by atoms with Crippen LogP contribution >= 0.6 is 0 Å². The SMILES string of the molecule is NCCn1nc(-c2ccncc2)c2c1CCC2. The van der Waals surface area contributed by atoms with Crippen molar-refractivity contribution in [3.05, 3.63) is 35.8 Å².